The molecule has 2 aliphatic rings. The van der Waals surface area contributed by atoms with Crippen LogP contribution in [0.15, 0.2) is 51.8 Å². The van der Waals surface area contributed by atoms with Crippen molar-refractivity contribution in [3.8, 4) is 11.5 Å². The van der Waals surface area contributed by atoms with Crippen LogP contribution in [-0.4, -0.2) is 35.9 Å². The summed E-state index contributed by atoms with van der Waals surface area (Å²) in [6.07, 6.45) is -3.53. The normalized spacial score (nSPS) is 19.2. The van der Waals surface area contributed by atoms with Gasteiger partial charge in [-0.1, -0.05) is 23.4 Å². The molecule has 0 radical (unpaired) electrons. The van der Waals surface area contributed by atoms with Gasteiger partial charge in [0.15, 0.2) is 5.82 Å². The second-order valence-electron chi connectivity index (χ2n) is 9.12. The highest BCUT2D eigenvalue weighted by Crippen LogP contribution is 2.48. The zero-order valence-corrected chi connectivity index (χ0v) is 19.9. The maximum absolute atomic E-state index is 13.5. The number of halogens is 3. The van der Waals surface area contributed by atoms with Crippen LogP contribution in [0, 0.1) is 0 Å². The molecule has 0 saturated heterocycles. The quantitative estimate of drug-likeness (QED) is 0.453. The van der Waals surface area contributed by atoms with Crippen molar-refractivity contribution in [2.75, 3.05) is 13.7 Å². The summed E-state index contributed by atoms with van der Waals surface area (Å²) in [5.41, 5.74) is 2.86. The van der Waals surface area contributed by atoms with Crippen LogP contribution in [-0.2, 0) is 16.8 Å². The van der Waals surface area contributed by atoms with Gasteiger partial charge >= 0.3 is 11.9 Å². The molecule has 1 aliphatic heterocycles. The molecule has 37 heavy (non-hydrogen) atoms. The Morgan fingerprint density at radius 1 is 1.11 bits per heavy atom. The maximum Gasteiger partial charge on any atom is 0.439 e. The number of carbonyl (C=O) groups is 1. The molecule has 11 heteroatoms. The molecule has 194 valence electrons. The number of fused-ring (bicyclic) bond motifs is 2. The van der Waals surface area contributed by atoms with Crippen molar-refractivity contribution in [3.63, 3.8) is 0 Å². The van der Waals surface area contributed by atoms with Crippen LogP contribution in [0.5, 0.6) is 11.5 Å². The van der Waals surface area contributed by atoms with Crippen molar-refractivity contribution < 1.29 is 32.0 Å². The Hall–Kier alpha value is -4.02. The van der Waals surface area contributed by atoms with E-state index in [1.807, 2.05) is 24.3 Å². The Bertz CT molecular complexity index is 1410. The number of nitrogens with one attached hydrogen (secondary N) is 2. The first-order valence-electron chi connectivity index (χ1n) is 11.8. The summed E-state index contributed by atoms with van der Waals surface area (Å²) in [4.78, 5) is 27.6. The summed E-state index contributed by atoms with van der Waals surface area (Å²) in [6.45, 7) is -0.0379. The monoisotopic (exact) mass is 515 g/mol. The van der Waals surface area contributed by atoms with Crippen molar-refractivity contribution in [1.82, 2.24) is 15.5 Å². The van der Waals surface area contributed by atoms with Gasteiger partial charge in [0.2, 0.25) is 0 Å². The van der Waals surface area contributed by atoms with Crippen LogP contribution in [0.4, 0.5) is 13.2 Å². The number of ether oxygens (including phenoxy) is 2. The third-order valence-electron chi connectivity index (χ3n) is 6.76. The largest absolute Gasteiger partial charge is 0.497 e. The summed E-state index contributed by atoms with van der Waals surface area (Å²) in [5, 5.41) is 6.87. The fourth-order valence-corrected chi connectivity index (χ4v) is 5.07. The number of benzene rings is 2. The SMILES string of the molecule is COc1ccc(C2=C(c3noc(=O)[nH]3)C(=O)N[C@@]3(CCc4cc(OCCCC(F)(F)F)ccc43)C2)cc1. The smallest absolute Gasteiger partial charge is 0.439 e. The van der Waals surface area contributed by atoms with Crippen molar-refractivity contribution in [2.24, 2.45) is 0 Å². The van der Waals surface area contributed by atoms with Crippen molar-refractivity contribution in [1.29, 1.82) is 0 Å². The lowest BCUT2D eigenvalue weighted by atomic mass is 9.77. The molecule has 1 aliphatic carbocycles. The van der Waals surface area contributed by atoms with Crippen LogP contribution in [0.2, 0.25) is 0 Å². The predicted molar refractivity (Wildman–Crippen MR) is 127 cm³/mol. The number of aromatic nitrogens is 2. The summed E-state index contributed by atoms with van der Waals surface area (Å²) >= 11 is 0. The molecule has 1 amide bonds. The lowest BCUT2D eigenvalue weighted by Crippen LogP contribution is -2.48. The molecule has 0 saturated carbocycles. The number of hydrogen-bond donors (Lipinski definition) is 2. The van der Waals surface area contributed by atoms with Gasteiger partial charge in [-0.3, -0.25) is 14.3 Å². The van der Waals surface area contributed by atoms with Crippen LogP contribution in [0.25, 0.3) is 11.1 Å². The van der Waals surface area contributed by atoms with Gasteiger partial charge in [-0.15, -0.1) is 0 Å². The van der Waals surface area contributed by atoms with Crippen LogP contribution >= 0.6 is 0 Å². The number of H-pyrrole nitrogens is 1. The molecule has 0 fully saturated rings. The van der Waals surface area contributed by atoms with Gasteiger partial charge in [-0.05, 0) is 65.8 Å². The zero-order chi connectivity index (χ0) is 26.2. The number of nitrogens with zero attached hydrogens (tertiary/aromatic N) is 1. The number of hydrogen-bond acceptors (Lipinski definition) is 6. The summed E-state index contributed by atoms with van der Waals surface area (Å²) in [5.74, 6) is 0.0289. The average Bonchev–Trinajstić information content (AvgIpc) is 3.44. The molecule has 8 nitrogen and oxygen atoms in total. The van der Waals surface area contributed by atoms with E-state index in [1.165, 1.54) is 0 Å². The lowest BCUT2D eigenvalue weighted by Gasteiger charge is -2.37. The van der Waals surface area contributed by atoms with Gasteiger partial charge in [-0.2, -0.15) is 13.2 Å². The minimum absolute atomic E-state index is 0.0379. The minimum Gasteiger partial charge on any atom is -0.497 e. The second kappa shape index (κ2) is 9.45. The Kier molecular flexibility index (Phi) is 6.30. The fraction of sp³-hybridized carbons (Fsp3) is 0.346. The number of aryl methyl sites for hydroxylation is 1. The van der Waals surface area contributed by atoms with Gasteiger partial charge in [0.25, 0.3) is 5.91 Å². The molecule has 1 aromatic heterocycles. The Labute approximate surface area is 209 Å². The third kappa shape index (κ3) is 4.98. The Morgan fingerprint density at radius 2 is 1.86 bits per heavy atom. The zero-order valence-electron chi connectivity index (χ0n) is 19.9. The highest BCUT2D eigenvalue weighted by Gasteiger charge is 2.46. The number of alkyl halides is 3. The Morgan fingerprint density at radius 3 is 2.54 bits per heavy atom. The molecule has 3 aromatic rings. The molecular weight excluding hydrogens is 491 g/mol. The predicted octanol–water partition coefficient (Wildman–Crippen LogP) is 4.37. The molecule has 0 bridgehead atoms. The minimum atomic E-state index is -4.21. The summed E-state index contributed by atoms with van der Waals surface area (Å²) in [6, 6.07) is 12.7. The van der Waals surface area contributed by atoms with Gasteiger partial charge in [0.05, 0.1) is 24.8 Å². The molecular formula is C26H24F3N3O5. The number of amides is 1. The second-order valence-corrected chi connectivity index (χ2v) is 9.12. The van der Waals surface area contributed by atoms with Crippen molar-refractivity contribution in [2.45, 2.75) is 43.8 Å². The fourth-order valence-electron chi connectivity index (χ4n) is 5.07. The highest BCUT2D eigenvalue weighted by molar-refractivity contribution is 6.27. The summed E-state index contributed by atoms with van der Waals surface area (Å²) < 4.78 is 52.7. The molecule has 1 atom stereocenters. The third-order valence-corrected chi connectivity index (χ3v) is 6.76. The maximum atomic E-state index is 13.5. The first-order valence-corrected chi connectivity index (χ1v) is 11.8. The number of rotatable bonds is 7. The molecule has 2 heterocycles. The van der Waals surface area contributed by atoms with Gasteiger partial charge < -0.3 is 14.8 Å². The number of methoxy groups -OCH3 is 1. The Balaban J connectivity index is 1.46. The number of aromatic amines is 1. The number of carbonyl (C=O) groups excluding carboxylic acids is 1. The van der Waals surface area contributed by atoms with Crippen molar-refractivity contribution in [3.05, 3.63) is 75.5 Å². The van der Waals surface area contributed by atoms with E-state index in [-0.39, 0.29) is 24.4 Å². The van der Waals surface area contributed by atoms with E-state index in [0.717, 1.165) is 16.7 Å². The van der Waals surface area contributed by atoms with E-state index in [2.05, 4.69) is 20.0 Å². The first-order chi connectivity index (χ1) is 17.7. The van der Waals surface area contributed by atoms with E-state index in [1.54, 1.807) is 25.3 Å². The van der Waals surface area contributed by atoms with E-state index < -0.39 is 29.8 Å². The van der Waals surface area contributed by atoms with E-state index in [4.69, 9.17) is 9.47 Å². The molecule has 5 rings (SSSR count). The first kappa shape index (κ1) is 24.7. The molecule has 1 spiro atoms. The van der Waals surface area contributed by atoms with Gasteiger partial charge in [0, 0.05) is 12.8 Å². The van der Waals surface area contributed by atoms with Gasteiger partial charge in [0.1, 0.15) is 11.5 Å². The van der Waals surface area contributed by atoms with Gasteiger partial charge in [-0.25, -0.2) is 4.79 Å². The van der Waals surface area contributed by atoms with Crippen LogP contribution < -0.4 is 20.5 Å². The standard InChI is InChI=1S/C26H24F3N3O5/c1-35-17-5-3-15(4-6-17)19-14-25(31-23(33)21(19)22-30-24(34)37-32-22)11-9-16-13-18(7-8-20(16)25)36-12-2-10-26(27,28)29/h3-8,13H,2,9-12,14H2,1H3,(H,31,33)(H,30,32,34)/t25-/m0/s1. The lowest BCUT2D eigenvalue weighted by molar-refractivity contribution is -0.136. The average molecular weight is 515 g/mol. The van der Waals surface area contributed by atoms with Crippen LogP contribution in [0.3, 0.4) is 0 Å². The molecule has 0 unspecified atom stereocenters. The van der Waals surface area contributed by atoms with E-state index in [9.17, 15) is 22.8 Å². The van der Waals surface area contributed by atoms with E-state index in [0.29, 0.717) is 36.3 Å². The summed E-state index contributed by atoms with van der Waals surface area (Å²) in [7, 11) is 1.56. The van der Waals surface area contributed by atoms with E-state index >= 15 is 0 Å². The molecule has 2 aromatic carbocycles. The van der Waals surface area contributed by atoms with Crippen molar-refractivity contribution >= 4 is 17.1 Å². The topological polar surface area (TPSA) is 106 Å². The molecule has 2 N–H and O–H groups in total. The van der Waals surface area contributed by atoms with Crippen LogP contribution in [0.1, 0.15) is 48.2 Å². The highest BCUT2D eigenvalue weighted by atomic mass is 19.4.